The second kappa shape index (κ2) is 4.54. The summed E-state index contributed by atoms with van der Waals surface area (Å²) in [7, 11) is 3.87. The van der Waals surface area contributed by atoms with Gasteiger partial charge in [0, 0.05) is 0 Å². The van der Waals surface area contributed by atoms with Gasteiger partial charge in [0.15, 0.2) is 0 Å². The Kier molecular flexibility index (Phi) is 3.33. The maximum Gasteiger partial charge on any atom is 0.323 e. The lowest BCUT2D eigenvalue weighted by atomic mass is 10.2. The molecule has 0 N–H and O–H groups in total. The van der Waals surface area contributed by atoms with Gasteiger partial charge in [0.1, 0.15) is 20.7 Å². The van der Waals surface area contributed by atoms with Crippen LogP contribution < -0.4 is 0 Å². The highest BCUT2D eigenvalue weighted by atomic mass is 16.5. The molecule has 0 aliphatic heterocycles. The molecule has 0 unspecified atom stereocenters. The van der Waals surface area contributed by atoms with Crippen molar-refractivity contribution in [2.24, 2.45) is 0 Å². The number of benzene rings is 1. The first-order valence-electron chi connectivity index (χ1n) is 3.94. The average molecular weight is 164 g/mol. The lowest BCUT2D eigenvalue weighted by Crippen LogP contribution is -2.02. The van der Waals surface area contributed by atoms with Crippen molar-refractivity contribution >= 4 is 6.40 Å². The molecular formula is C10H14NO+. The Balaban J connectivity index is 2.39. The van der Waals surface area contributed by atoms with Crippen LogP contribution in [0.1, 0.15) is 5.56 Å². The van der Waals surface area contributed by atoms with Gasteiger partial charge in [0.05, 0.1) is 0 Å². The summed E-state index contributed by atoms with van der Waals surface area (Å²) < 4.78 is 7.16. The average Bonchev–Trinajstić information content (AvgIpc) is 2.05. The number of hydrogen-bond donors (Lipinski definition) is 0. The molecule has 0 aliphatic rings. The Morgan fingerprint density at radius 2 is 1.92 bits per heavy atom. The molecular weight excluding hydrogens is 150 g/mol. The van der Waals surface area contributed by atoms with Crippen LogP contribution in [-0.2, 0) is 11.3 Å². The summed E-state index contributed by atoms with van der Waals surface area (Å²) >= 11 is 0. The normalized spacial score (nSPS) is 9.17. The van der Waals surface area contributed by atoms with E-state index in [9.17, 15) is 0 Å². The Hall–Kier alpha value is -1.31. The lowest BCUT2D eigenvalue weighted by Gasteiger charge is -1.97. The minimum absolute atomic E-state index is 0.638. The van der Waals surface area contributed by atoms with E-state index in [-0.39, 0.29) is 0 Å². The smallest absolute Gasteiger partial charge is 0.323 e. The fourth-order valence-corrected chi connectivity index (χ4v) is 0.857. The molecule has 0 saturated carbocycles. The van der Waals surface area contributed by atoms with E-state index in [4.69, 9.17) is 4.74 Å². The summed E-state index contributed by atoms with van der Waals surface area (Å²) in [5, 5.41) is 0. The molecule has 0 aromatic heterocycles. The third-order valence-electron chi connectivity index (χ3n) is 1.38. The molecule has 0 spiro atoms. The van der Waals surface area contributed by atoms with Crippen LogP contribution in [0, 0.1) is 0 Å². The largest absolute Gasteiger partial charge is 0.445 e. The van der Waals surface area contributed by atoms with Crippen molar-refractivity contribution in [3.05, 3.63) is 35.9 Å². The van der Waals surface area contributed by atoms with Crippen molar-refractivity contribution in [2.45, 2.75) is 6.61 Å². The van der Waals surface area contributed by atoms with E-state index >= 15 is 0 Å². The lowest BCUT2D eigenvalue weighted by molar-refractivity contribution is -0.468. The second-order valence-corrected chi connectivity index (χ2v) is 2.87. The molecule has 0 heterocycles. The third-order valence-corrected chi connectivity index (χ3v) is 1.38. The van der Waals surface area contributed by atoms with E-state index < -0.39 is 0 Å². The first-order chi connectivity index (χ1) is 5.79. The van der Waals surface area contributed by atoms with Crippen molar-refractivity contribution in [2.75, 3.05) is 14.1 Å². The molecule has 0 bridgehead atoms. The van der Waals surface area contributed by atoms with Crippen LogP contribution in [0.15, 0.2) is 30.3 Å². The van der Waals surface area contributed by atoms with Crippen LogP contribution in [0.5, 0.6) is 0 Å². The number of ether oxygens (including phenoxy) is 1. The van der Waals surface area contributed by atoms with E-state index in [1.165, 1.54) is 5.56 Å². The van der Waals surface area contributed by atoms with Crippen molar-refractivity contribution in [1.29, 1.82) is 0 Å². The van der Waals surface area contributed by atoms with Gasteiger partial charge in [-0.1, -0.05) is 30.3 Å². The van der Waals surface area contributed by atoms with Crippen molar-refractivity contribution in [3.8, 4) is 0 Å². The zero-order chi connectivity index (χ0) is 8.81. The molecule has 2 heteroatoms. The first kappa shape index (κ1) is 8.78. The fourth-order valence-electron chi connectivity index (χ4n) is 0.857. The van der Waals surface area contributed by atoms with Crippen LogP contribution >= 0.6 is 0 Å². The first-order valence-corrected chi connectivity index (χ1v) is 3.94. The molecule has 0 fully saturated rings. The van der Waals surface area contributed by atoms with Gasteiger partial charge >= 0.3 is 6.40 Å². The highest BCUT2D eigenvalue weighted by Gasteiger charge is 1.90. The summed E-state index contributed by atoms with van der Waals surface area (Å²) in [6, 6.07) is 10.1. The molecule has 1 aromatic rings. The van der Waals surface area contributed by atoms with Gasteiger partial charge < -0.3 is 4.74 Å². The van der Waals surface area contributed by atoms with Crippen molar-refractivity contribution in [1.82, 2.24) is 0 Å². The predicted octanol–water partition coefficient (Wildman–Crippen LogP) is 1.50. The van der Waals surface area contributed by atoms with Gasteiger partial charge in [0.2, 0.25) is 0 Å². The SMILES string of the molecule is C[N+](C)=COCc1ccccc1. The van der Waals surface area contributed by atoms with Gasteiger partial charge in [-0.25, -0.2) is 4.58 Å². The topological polar surface area (TPSA) is 12.2 Å². The van der Waals surface area contributed by atoms with E-state index in [0.29, 0.717) is 6.61 Å². The van der Waals surface area contributed by atoms with Crippen LogP contribution in [0.25, 0.3) is 0 Å². The van der Waals surface area contributed by atoms with Gasteiger partial charge in [-0.2, -0.15) is 0 Å². The summed E-state index contributed by atoms with van der Waals surface area (Å²) in [6.07, 6.45) is 1.70. The molecule has 1 aromatic carbocycles. The molecule has 12 heavy (non-hydrogen) atoms. The number of hydrogen-bond acceptors (Lipinski definition) is 1. The van der Waals surface area contributed by atoms with Gasteiger partial charge in [0.25, 0.3) is 0 Å². The van der Waals surface area contributed by atoms with Crippen LogP contribution in [0.4, 0.5) is 0 Å². The van der Waals surface area contributed by atoms with Crippen molar-refractivity contribution < 1.29 is 9.31 Å². The van der Waals surface area contributed by atoms with Crippen molar-refractivity contribution in [3.63, 3.8) is 0 Å². The monoisotopic (exact) mass is 164 g/mol. The predicted molar refractivity (Wildman–Crippen MR) is 49.4 cm³/mol. The van der Waals surface area contributed by atoms with E-state index in [1.54, 1.807) is 6.40 Å². The third kappa shape index (κ3) is 3.19. The highest BCUT2D eigenvalue weighted by molar-refractivity contribution is 5.39. The summed E-state index contributed by atoms with van der Waals surface area (Å²) in [4.78, 5) is 0. The molecule has 2 nitrogen and oxygen atoms in total. The van der Waals surface area contributed by atoms with Gasteiger partial charge in [-0.05, 0) is 5.56 Å². The van der Waals surface area contributed by atoms with Crippen LogP contribution in [-0.4, -0.2) is 25.1 Å². The van der Waals surface area contributed by atoms with E-state index in [1.807, 2.05) is 49.0 Å². The maximum atomic E-state index is 5.28. The summed E-state index contributed by atoms with van der Waals surface area (Å²) in [5.74, 6) is 0. The van der Waals surface area contributed by atoms with Gasteiger partial charge in [-0.3, -0.25) is 0 Å². The molecule has 64 valence electrons. The quantitative estimate of drug-likeness (QED) is 0.374. The Morgan fingerprint density at radius 3 is 2.50 bits per heavy atom. The number of rotatable bonds is 3. The molecule has 0 atom stereocenters. The standard InChI is InChI=1S/C10H14NO/c1-11(2)9-12-8-10-6-4-3-5-7-10/h3-7,9H,8H2,1-2H3/q+1. The molecule has 0 amide bonds. The Morgan fingerprint density at radius 1 is 1.25 bits per heavy atom. The number of nitrogens with zero attached hydrogens (tertiary/aromatic N) is 1. The van der Waals surface area contributed by atoms with E-state index in [2.05, 4.69) is 0 Å². The van der Waals surface area contributed by atoms with E-state index in [0.717, 1.165) is 0 Å². The van der Waals surface area contributed by atoms with Gasteiger partial charge in [-0.15, -0.1) is 0 Å². The molecule has 0 aliphatic carbocycles. The summed E-state index contributed by atoms with van der Waals surface area (Å²) in [5.41, 5.74) is 1.19. The minimum atomic E-state index is 0.638. The Labute approximate surface area is 73.1 Å². The summed E-state index contributed by atoms with van der Waals surface area (Å²) in [6.45, 7) is 0.638. The Bertz CT molecular complexity index is 250. The maximum absolute atomic E-state index is 5.28. The fraction of sp³-hybridized carbons (Fsp3) is 0.300. The zero-order valence-corrected chi connectivity index (χ0v) is 7.53. The molecule has 0 saturated heterocycles. The minimum Gasteiger partial charge on any atom is -0.445 e. The zero-order valence-electron chi connectivity index (χ0n) is 7.53. The molecule has 1 rings (SSSR count). The highest BCUT2D eigenvalue weighted by Crippen LogP contribution is 1.98. The molecule has 0 radical (unpaired) electrons. The second-order valence-electron chi connectivity index (χ2n) is 2.87. The van der Waals surface area contributed by atoms with Crippen LogP contribution in [0.2, 0.25) is 0 Å². The van der Waals surface area contributed by atoms with Crippen LogP contribution in [0.3, 0.4) is 0 Å².